The number of hydrogen-bond donors (Lipinski definition) is 1. The van der Waals surface area contributed by atoms with Crippen LogP contribution in [0.4, 0.5) is 19.0 Å². The smallest absolute Gasteiger partial charge is 0.251 e. The number of aromatic nitrogens is 1. The van der Waals surface area contributed by atoms with Gasteiger partial charge in [0.15, 0.2) is 17.5 Å². The SMILES string of the molecule is COCCN(CCO)c1nc(F)c(F)cc1F. The van der Waals surface area contributed by atoms with Gasteiger partial charge in [-0.1, -0.05) is 0 Å². The summed E-state index contributed by atoms with van der Waals surface area (Å²) in [5, 5.41) is 8.81. The second kappa shape index (κ2) is 6.41. The molecular formula is C10H13F3N2O2. The average Bonchev–Trinajstić information content (AvgIpc) is 2.29. The lowest BCUT2D eigenvalue weighted by molar-refractivity contribution is 0.202. The molecule has 0 amide bonds. The van der Waals surface area contributed by atoms with Gasteiger partial charge in [-0.25, -0.2) is 8.78 Å². The van der Waals surface area contributed by atoms with Crippen molar-refractivity contribution in [3.63, 3.8) is 0 Å². The number of pyridine rings is 1. The van der Waals surface area contributed by atoms with Crippen LogP contribution in [0.1, 0.15) is 0 Å². The van der Waals surface area contributed by atoms with Crippen LogP contribution in [0.2, 0.25) is 0 Å². The highest BCUT2D eigenvalue weighted by atomic mass is 19.2. The first-order valence-corrected chi connectivity index (χ1v) is 4.96. The van der Waals surface area contributed by atoms with Gasteiger partial charge in [-0.2, -0.15) is 9.37 Å². The second-order valence-corrected chi connectivity index (χ2v) is 3.27. The van der Waals surface area contributed by atoms with Crippen LogP contribution in [0.3, 0.4) is 0 Å². The molecule has 17 heavy (non-hydrogen) atoms. The molecule has 1 rings (SSSR count). The standard InChI is InChI=1S/C10H13F3N2O2/c1-17-5-3-15(2-4-16)10-8(12)6-7(11)9(13)14-10/h6,16H,2-5H2,1H3. The van der Waals surface area contributed by atoms with Crippen molar-refractivity contribution in [2.45, 2.75) is 0 Å². The largest absolute Gasteiger partial charge is 0.395 e. The van der Waals surface area contributed by atoms with Crippen molar-refractivity contribution in [3.05, 3.63) is 23.6 Å². The summed E-state index contributed by atoms with van der Waals surface area (Å²) >= 11 is 0. The fraction of sp³-hybridized carbons (Fsp3) is 0.500. The lowest BCUT2D eigenvalue weighted by Gasteiger charge is -2.22. The van der Waals surface area contributed by atoms with Gasteiger partial charge in [0.1, 0.15) is 0 Å². The lowest BCUT2D eigenvalue weighted by Crippen LogP contribution is -2.32. The summed E-state index contributed by atoms with van der Waals surface area (Å²) in [5.41, 5.74) is 0. The van der Waals surface area contributed by atoms with Crippen LogP contribution in [-0.4, -0.2) is 43.5 Å². The first-order valence-electron chi connectivity index (χ1n) is 4.96. The van der Waals surface area contributed by atoms with Crippen LogP contribution in [0.5, 0.6) is 0 Å². The minimum atomic E-state index is -1.37. The summed E-state index contributed by atoms with van der Waals surface area (Å²) in [5.74, 6) is -4.04. The molecule has 0 radical (unpaired) electrons. The maximum absolute atomic E-state index is 13.4. The molecule has 7 heteroatoms. The van der Waals surface area contributed by atoms with E-state index in [2.05, 4.69) is 4.98 Å². The number of hydrogen-bond acceptors (Lipinski definition) is 4. The predicted octanol–water partition coefficient (Wildman–Crippen LogP) is 0.944. The molecule has 1 N–H and O–H groups in total. The Bertz CT molecular complexity index is 377. The van der Waals surface area contributed by atoms with Gasteiger partial charge in [0.05, 0.1) is 13.2 Å². The van der Waals surface area contributed by atoms with Crippen LogP contribution in [0.15, 0.2) is 6.07 Å². The molecule has 0 aromatic carbocycles. The maximum Gasteiger partial charge on any atom is 0.251 e. The first kappa shape index (κ1) is 13.7. The molecule has 0 atom stereocenters. The predicted molar refractivity (Wildman–Crippen MR) is 55.3 cm³/mol. The van der Waals surface area contributed by atoms with Crippen molar-refractivity contribution < 1.29 is 23.0 Å². The summed E-state index contributed by atoms with van der Waals surface area (Å²) in [6, 6.07) is 0.425. The summed E-state index contributed by atoms with van der Waals surface area (Å²) < 4.78 is 43.8. The maximum atomic E-state index is 13.4. The second-order valence-electron chi connectivity index (χ2n) is 3.27. The van der Waals surface area contributed by atoms with Crippen LogP contribution in [0.25, 0.3) is 0 Å². The van der Waals surface area contributed by atoms with E-state index in [0.29, 0.717) is 6.07 Å². The van der Waals surface area contributed by atoms with E-state index in [9.17, 15) is 13.2 Å². The Morgan fingerprint density at radius 2 is 2.00 bits per heavy atom. The number of anilines is 1. The Balaban J connectivity index is 2.96. The van der Waals surface area contributed by atoms with Crippen LogP contribution < -0.4 is 4.90 Å². The van der Waals surface area contributed by atoms with Gasteiger partial charge in [-0.3, -0.25) is 0 Å². The highest BCUT2D eigenvalue weighted by Gasteiger charge is 2.17. The summed E-state index contributed by atoms with van der Waals surface area (Å²) in [4.78, 5) is 4.47. The van der Waals surface area contributed by atoms with E-state index >= 15 is 0 Å². The third kappa shape index (κ3) is 3.57. The van der Waals surface area contributed by atoms with Crippen LogP contribution in [-0.2, 0) is 4.74 Å². The molecule has 4 nitrogen and oxygen atoms in total. The van der Waals surface area contributed by atoms with Gasteiger partial charge < -0.3 is 14.7 Å². The van der Waals surface area contributed by atoms with E-state index in [1.165, 1.54) is 12.0 Å². The highest BCUT2D eigenvalue weighted by Crippen LogP contribution is 2.18. The van der Waals surface area contributed by atoms with Gasteiger partial charge >= 0.3 is 0 Å². The number of aliphatic hydroxyl groups excluding tert-OH is 1. The van der Waals surface area contributed by atoms with Crippen molar-refractivity contribution in [1.82, 2.24) is 4.98 Å². The Kier molecular flexibility index (Phi) is 5.17. The summed E-state index contributed by atoms with van der Waals surface area (Å²) in [6.45, 7) is 0.258. The molecule has 1 heterocycles. The van der Waals surface area contributed by atoms with Gasteiger partial charge in [0, 0.05) is 26.3 Å². The molecule has 96 valence electrons. The summed E-state index contributed by atoms with van der Waals surface area (Å²) in [7, 11) is 1.45. The Hall–Kier alpha value is -1.34. The van der Waals surface area contributed by atoms with Crippen LogP contribution in [0, 0.1) is 17.6 Å². The lowest BCUT2D eigenvalue weighted by atomic mass is 10.3. The fourth-order valence-electron chi connectivity index (χ4n) is 1.30. The van der Waals surface area contributed by atoms with Crippen molar-refractivity contribution in [2.75, 3.05) is 38.3 Å². The number of ether oxygens (including phenoxy) is 1. The van der Waals surface area contributed by atoms with Crippen molar-refractivity contribution in [2.24, 2.45) is 0 Å². The van der Waals surface area contributed by atoms with Crippen LogP contribution >= 0.6 is 0 Å². The zero-order valence-electron chi connectivity index (χ0n) is 9.29. The van der Waals surface area contributed by atoms with Gasteiger partial charge in [0.25, 0.3) is 5.95 Å². The molecule has 0 spiro atoms. The van der Waals surface area contributed by atoms with Crippen molar-refractivity contribution in [3.8, 4) is 0 Å². The number of nitrogens with zero attached hydrogens (tertiary/aromatic N) is 2. The number of methoxy groups -OCH3 is 1. The van der Waals surface area contributed by atoms with E-state index in [1.54, 1.807) is 0 Å². The first-order chi connectivity index (χ1) is 8.10. The van der Waals surface area contributed by atoms with E-state index in [4.69, 9.17) is 9.84 Å². The van der Waals surface area contributed by atoms with Gasteiger partial charge in [0.2, 0.25) is 0 Å². The monoisotopic (exact) mass is 250 g/mol. The molecule has 0 fully saturated rings. The minimum absolute atomic E-state index is 0.0539. The number of aliphatic hydroxyl groups is 1. The van der Waals surface area contributed by atoms with E-state index in [1.807, 2.05) is 0 Å². The molecule has 0 aliphatic carbocycles. The molecule has 1 aromatic rings. The molecule has 0 saturated carbocycles. The topological polar surface area (TPSA) is 45.6 Å². The number of halogens is 3. The fourth-order valence-corrected chi connectivity index (χ4v) is 1.30. The van der Waals surface area contributed by atoms with Crippen molar-refractivity contribution >= 4 is 5.82 Å². The number of rotatable bonds is 6. The molecule has 1 aromatic heterocycles. The Morgan fingerprint density at radius 3 is 2.59 bits per heavy atom. The third-order valence-corrected chi connectivity index (χ3v) is 2.10. The van der Waals surface area contributed by atoms with Gasteiger partial charge in [-0.05, 0) is 0 Å². The third-order valence-electron chi connectivity index (χ3n) is 2.10. The molecular weight excluding hydrogens is 237 g/mol. The highest BCUT2D eigenvalue weighted by molar-refractivity contribution is 5.40. The quantitative estimate of drug-likeness (QED) is 0.763. The molecule has 0 aliphatic rings. The van der Waals surface area contributed by atoms with Gasteiger partial charge in [-0.15, -0.1) is 0 Å². The molecule has 0 saturated heterocycles. The van der Waals surface area contributed by atoms with E-state index in [-0.39, 0.29) is 32.1 Å². The molecule has 0 unspecified atom stereocenters. The van der Waals surface area contributed by atoms with E-state index in [0.717, 1.165) is 0 Å². The zero-order chi connectivity index (χ0) is 12.8. The normalized spacial score (nSPS) is 10.6. The molecule has 0 bridgehead atoms. The van der Waals surface area contributed by atoms with E-state index < -0.39 is 17.6 Å². The Labute approximate surface area is 96.6 Å². The van der Waals surface area contributed by atoms with Crippen molar-refractivity contribution in [1.29, 1.82) is 0 Å². The zero-order valence-corrected chi connectivity index (χ0v) is 9.29. The Morgan fingerprint density at radius 1 is 1.29 bits per heavy atom. The summed E-state index contributed by atoms with van der Waals surface area (Å²) in [6.07, 6.45) is 0. The average molecular weight is 250 g/mol. The molecule has 0 aliphatic heterocycles. The minimum Gasteiger partial charge on any atom is -0.395 e.